The molecule has 2 atom stereocenters. The first kappa shape index (κ1) is 21.3. The largest absolute Gasteiger partial charge is 0.369 e. The lowest BCUT2D eigenvalue weighted by molar-refractivity contribution is -0.150. The smallest absolute Gasteiger partial charge is 0.233 e. The Morgan fingerprint density at radius 2 is 2.00 bits per heavy atom. The molecule has 1 unspecified atom stereocenters. The SMILES string of the molecule is CC(C)CCC(=O)N(C(=O)[CH]CC(C)C(N)=O)[C@H]1CCCNCC1=O. The molecule has 141 valence electrons. The maximum Gasteiger partial charge on any atom is 0.233 e. The van der Waals surface area contributed by atoms with E-state index in [0.717, 1.165) is 11.3 Å². The van der Waals surface area contributed by atoms with E-state index in [1.165, 1.54) is 6.42 Å². The van der Waals surface area contributed by atoms with Crippen molar-refractivity contribution in [2.45, 2.75) is 58.9 Å². The van der Waals surface area contributed by atoms with Crippen molar-refractivity contribution in [3.8, 4) is 0 Å². The molecule has 0 aliphatic carbocycles. The lowest BCUT2D eigenvalue weighted by Gasteiger charge is -2.29. The van der Waals surface area contributed by atoms with Crippen molar-refractivity contribution in [3.63, 3.8) is 0 Å². The molecule has 0 saturated carbocycles. The van der Waals surface area contributed by atoms with E-state index < -0.39 is 23.8 Å². The summed E-state index contributed by atoms with van der Waals surface area (Å²) in [5, 5.41) is 3.00. The van der Waals surface area contributed by atoms with Gasteiger partial charge in [0, 0.05) is 12.3 Å². The summed E-state index contributed by atoms with van der Waals surface area (Å²) < 4.78 is 0. The lowest BCUT2D eigenvalue weighted by atomic mass is 10.0. The zero-order chi connectivity index (χ0) is 19.0. The van der Waals surface area contributed by atoms with Gasteiger partial charge in [0.25, 0.3) is 0 Å². The lowest BCUT2D eigenvalue weighted by Crippen LogP contribution is -2.50. The Labute approximate surface area is 149 Å². The van der Waals surface area contributed by atoms with Crippen LogP contribution in [0.1, 0.15) is 52.9 Å². The summed E-state index contributed by atoms with van der Waals surface area (Å²) in [6.45, 7) is 6.47. The molecule has 1 saturated heterocycles. The maximum absolute atomic E-state index is 12.6. The van der Waals surface area contributed by atoms with Crippen LogP contribution in [0.15, 0.2) is 0 Å². The molecule has 3 N–H and O–H groups in total. The molecule has 0 aromatic heterocycles. The summed E-state index contributed by atoms with van der Waals surface area (Å²) in [6, 6.07) is -0.734. The van der Waals surface area contributed by atoms with Gasteiger partial charge in [-0.1, -0.05) is 20.8 Å². The molecule has 1 aliphatic heterocycles. The standard InChI is InChI=1S/C18H30N3O4/c1-12(2)6-8-16(23)21(14-5-4-10-20-11-15(14)22)17(24)9-7-13(3)18(19)25/h9,12-14,20H,4-8,10-11H2,1-3H3,(H2,19,25)/t13?,14-/m0/s1. The number of ketones is 1. The minimum absolute atomic E-state index is 0.153. The van der Waals surface area contributed by atoms with Crippen LogP contribution in [0.4, 0.5) is 0 Å². The number of nitrogens with two attached hydrogens (primary N) is 1. The van der Waals surface area contributed by atoms with E-state index in [2.05, 4.69) is 5.32 Å². The fourth-order valence-corrected chi connectivity index (χ4v) is 2.66. The molecule has 0 aromatic rings. The highest BCUT2D eigenvalue weighted by Gasteiger charge is 2.34. The molecule has 1 aliphatic rings. The Balaban J connectivity index is 2.88. The summed E-state index contributed by atoms with van der Waals surface area (Å²) in [5.74, 6) is -1.67. The number of hydrogen-bond donors (Lipinski definition) is 2. The van der Waals surface area contributed by atoms with Crippen molar-refractivity contribution in [2.75, 3.05) is 13.1 Å². The average Bonchev–Trinajstić information content (AvgIpc) is 2.75. The highest BCUT2D eigenvalue weighted by Crippen LogP contribution is 2.17. The minimum Gasteiger partial charge on any atom is -0.369 e. The van der Waals surface area contributed by atoms with Gasteiger partial charge in [0.15, 0.2) is 5.78 Å². The minimum atomic E-state index is -0.734. The van der Waals surface area contributed by atoms with E-state index in [1.54, 1.807) is 6.92 Å². The number of rotatable bonds is 8. The van der Waals surface area contributed by atoms with Crippen LogP contribution in [0.3, 0.4) is 0 Å². The molecule has 1 rings (SSSR count). The van der Waals surface area contributed by atoms with Crippen LogP contribution in [-0.2, 0) is 19.2 Å². The van der Waals surface area contributed by atoms with Gasteiger partial charge in [-0.05, 0) is 38.1 Å². The summed E-state index contributed by atoms with van der Waals surface area (Å²) in [6.07, 6.45) is 3.51. The van der Waals surface area contributed by atoms with E-state index >= 15 is 0 Å². The van der Waals surface area contributed by atoms with Gasteiger partial charge >= 0.3 is 0 Å². The first-order valence-corrected chi connectivity index (χ1v) is 8.96. The molecule has 25 heavy (non-hydrogen) atoms. The predicted molar refractivity (Wildman–Crippen MR) is 94.1 cm³/mol. The van der Waals surface area contributed by atoms with Gasteiger partial charge in [-0.15, -0.1) is 0 Å². The van der Waals surface area contributed by atoms with E-state index in [-0.39, 0.29) is 31.1 Å². The topological polar surface area (TPSA) is 110 Å². The number of nitrogens with one attached hydrogen (secondary N) is 1. The van der Waals surface area contributed by atoms with E-state index in [0.29, 0.717) is 25.3 Å². The number of primary amides is 1. The molecule has 7 heteroatoms. The number of carbonyl (C=O) groups is 4. The molecule has 0 bridgehead atoms. The zero-order valence-corrected chi connectivity index (χ0v) is 15.4. The number of imide groups is 1. The maximum atomic E-state index is 12.6. The van der Waals surface area contributed by atoms with Crippen molar-refractivity contribution in [3.05, 3.63) is 6.42 Å². The van der Waals surface area contributed by atoms with Crippen LogP contribution in [-0.4, -0.2) is 47.5 Å². The Kier molecular flexibility index (Phi) is 8.75. The van der Waals surface area contributed by atoms with Gasteiger partial charge in [-0.3, -0.25) is 24.1 Å². The molecule has 0 spiro atoms. The Morgan fingerprint density at radius 1 is 1.32 bits per heavy atom. The van der Waals surface area contributed by atoms with Crippen LogP contribution in [0, 0.1) is 18.3 Å². The third-order valence-electron chi connectivity index (χ3n) is 4.39. The number of nitrogens with zero attached hydrogens (tertiary/aromatic N) is 1. The van der Waals surface area contributed by atoms with Crippen molar-refractivity contribution in [1.82, 2.24) is 10.2 Å². The average molecular weight is 352 g/mol. The molecule has 7 nitrogen and oxygen atoms in total. The summed E-state index contributed by atoms with van der Waals surface area (Å²) in [4.78, 5) is 49.9. The van der Waals surface area contributed by atoms with Gasteiger partial charge in [0.05, 0.1) is 19.0 Å². The Bertz CT molecular complexity index is 505. The molecule has 1 heterocycles. The van der Waals surface area contributed by atoms with Crippen LogP contribution in [0.5, 0.6) is 0 Å². The van der Waals surface area contributed by atoms with Gasteiger partial charge in [-0.2, -0.15) is 0 Å². The Hall–Kier alpha value is -1.76. The van der Waals surface area contributed by atoms with E-state index in [9.17, 15) is 19.2 Å². The van der Waals surface area contributed by atoms with Gasteiger partial charge < -0.3 is 11.1 Å². The van der Waals surface area contributed by atoms with Crippen LogP contribution in [0.25, 0.3) is 0 Å². The van der Waals surface area contributed by atoms with Crippen molar-refractivity contribution in [1.29, 1.82) is 0 Å². The summed E-state index contributed by atoms with van der Waals surface area (Å²) in [7, 11) is 0. The highest BCUT2D eigenvalue weighted by atomic mass is 16.2. The molecule has 1 radical (unpaired) electrons. The summed E-state index contributed by atoms with van der Waals surface area (Å²) >= 11 is 0. The molecule has 1 fully saturated rings. The third-order valence-corrected chi connectivity index (χ3v) is 4.39. The van der Waals surface area contributed by atoms with Gasteiger partial charge in [-0.25, -0.2) is 0 Å². The summed E-state index contributed by atoms with van der Waals surface area (Å²) in [5.41, 5.74) is 5.21. The van der Waals surface area contributed by atoms with E-state index in [4.69, 9.17) is 5.73 Å². The number of hydrogen-bond acceptors (Lipinski definition) is 5. The second kappa shape index (κ2) is 10.3. The fourth-order valence-electron chi connectivity index (χ4n) is 2.66. The monoisotopic (exact) mass is 352 g/mol. The Morgan fingerprint density at radius 3 is 2.60 bits per heavy atom. The quantitative estimate of drug-likeness (QED) is 0.672. The third kappa shape index (κ3) is 6.94. The molecular formula is C18H30N3O4. The normalized spacial score (nSPS) is 19.4. The van der Waals surface area contributed by atoms with Crippen LogP contribution >= 0.6 is 0 Å². The molecule has 3 amide bonds. The van der Waals surface area contributed by atoms with Gasteiger partial charge in [0.2, 0.25) is 17.7 Å². The van der Waals surface area contributed by atoms with Crippen molar-refractivity contribution >= 4 is 23.5 Å². The second-order valence-corrected chi connectivity index (χ2v) is 7.08. The van der Waals surface area contributed by atoms with Crippen molar-refractivity contribution in [2.24, 2.45) is 17.6 Å². The molecular weight excluding hydrogens is 322 g/mol. The number of Topliss-reactive ketones (excluding diaryl/α,β-unsaturated/α-hetero) is 1. The first-order chi connectivity index (χ1) is 11.7. The van der Waals surface area contributed by atoms with Crippen LogP contribution < -0.4 is 11.1 Å². The number of carbonyl (C=O) groups excluding carboxylic acids is 4. The highest BCUT2D eigenvalue weighted by molar-refractivity contribution is 6.04. The number of amides is 3. The van der Waals surface area contributed by atoms with E-state index in [1.807, 2.05) is 13.8 Å². The van der Waals surface area contributed by atoms with Crippen LogP contribution in [0.2, 0.25) is 0 Å². The van der Waals surface area contributed by atoms with Crippen molar-refractivity contribution < 1.29 is 19.2 Å². The zero-order valence-electron chi connectivity index (χ0n) is 15.4. The second-order valence-electron chi connectivity index (χ2n) is 7.08. The predicted octanol–water partition coefficient (Wildman–Crippen LogP) is 0.815. The first-order valence-electron chi connectivity index (χ1n) is 8.96. The molecule has 0 aromatic carbocycles. The fraction of sp³-hybridized carbons (Fsp3) is 0.722. The van der Waals surface area contributed by atoms with Gasteiger partial charge in [0.1, 0.15) is 0 Å².